The Morgan fingerprint density at radius 1 is 1.80 bits per heavy atom. The number of halogens is 2. The summed E-state index contributed by atoms with van der Waals surface area (Å²) in [4.78, 5) is 13.2. The molecule has 0 rings (SSSR count). The summed E-state index contributed by atoms with van der Waals surface area (Å²) in [5, 5.41) is 0. The van der Waals surface area contributed by atoms with Gasteiger partial charge in [0.05, 0.1) is 6.61 Å². The van der Waals surface area contributed by atoms with Crippen molar-refractivity contribution < 1.29 is 9.53 Å². The quantitative estimate of drug-likeness (QED) is 0.281. The van der Waals surface area contributed by atoms with E-state index < -0.39 is 10.4 Å². The largest absolute Gasteiger partial charge is 0.479 e. The first kappa shape index (κ1) is 9.54. The molecule has 0 amide bonds. The number of carbonyl (C=O) groups is 1. The average molecular weight is 182 g/mol. The van der Waals surface area contributed by atoms with Crippen molar-refractivity contribution in [2.24, 2.45) is 0 Å². The highest BCUT2D eigenvalue weighted by molar-refractivity contribution is 6.58. The molecular formula is C5H5Cl2NO2. The van der Waals surface area contributed by atoms with Crippen LogP contribution in [0.25, 0.3) is 4.85 Å². The lowest BCUT2D eigenvalue weighted by molar-refractivity contribution is -0.142. The molecule has 0 bridgehead atoms. The zero-order valence-electron chi connectivity index (χ0n) is 5.23. The van der Waals surface area contributed by atoms with Crippen molar-refractivity contribution in [2.75, 3.05) is 6.61 Å². The predicted octanol–water partition coefficient (Wildman–Crippen LogP) is 1.60. The van der Waals surface area contributed by atoms with Crippen LogP contribution in [0.4, 0.5) is 0 Å². The molecule has 3 nitrogen and oxygen atoms in total. The van der Waals surface area contributed by atoms with Gasteiger partial charge in [0.1, 0.15) is 0 Å². The van der Waals surface area contributed by atoms with Gasteiger partial charge in [0.2, 0.25) is 0 Å². The third-order valence-electron chi connectivity index (χ3n) is 0.661. The van der Waals surface area contributed by atoms with Crippen LogP contribution in [0, 0.1) is 6.57 Å². The van der Waals surface area contributed by atoms with Gasteiger partial charge in [-0.25, -0.2) is 11.4 Å². The summed E-state index contributed by atoms with van der Waals surface area (Å²) in [6.07, 6.45) is 0. The summed E-state index contributed by atoms with van der Waals surface area (Å²) >= 11 is 10.4. The van der Waals surface area contributed by atoms with Gasteiger partial charge in [0.25, 0.3) is 0 Å². The topological polar surface area (TPSA) is 30.7 Å². The smallest absolute Gasteiger partial charge is 0.458 e. The van der Waals surface area contributed by atoms with E-state index in [9.17, 15) is 4.79 Å². The summed E-state index contributed by atoms with van der Waals surface area (Å²) < 4.78 is 2.31. The van der Waals surface area contributed by atoms with Crippen molar-refractivity contribution in [2.45, 2.75) is 11.4 Å². The van der Waals surface area contributed by atoms with Gasteiger partial charge in [-0.15, -0.1) is 0 Å². The number of carbonyl (C=O) groups excluding carboxylic acids is 1. The zero-order chi connectivity index (χ0) is 8.20. The molecule has 0 N–H and O–H groups in total. The van der Waals surface area contributed by atoms with E-state index in [0.717, 1.165) is 0 Å². The number of hydrogen-bond acceptors (Lipinski definition) is 2. The van der Waals surface area contributed by atoms with E-state index in [2.05, 4.69) is 9.58 Å². The first-order valence-corrected chi connectivity index (χ1v) is 3.24. The second-order valence-corrected chi connectivity index (χ2v) is 2.66. The van der Waals surface area contributed by atoms with Crippen molar-refractivity contribution in [1.82, 2.24) is 0 Å². The molecular weight excluding hydrogens is 177 g/mol. The van der Waals surface area contributed by atoms with Crippen molar-refractivity contribution in [3.8, 4) is 0 Å². The number of ether oxygens (including phenoxy) is 1. The van der Waals surface area contributed by atoms with Crippen LogP contribution >= 0.6 is 23.2 Å². The van der Waals surface area contributed by atoms with Crippen molar-refractivity contribution in [3.05, 3.63) is 11.4 Å². The molecule has 56 valence electrons. The summed E-state index contributed by atoms with van der Waals surface area (Å²) in [5.74, 6) is -0.923. The van der Waals surface area contributed by atoms with Crippen LogP contribution in [-0.4, -0.2) is 17.0 Å². The van der Waals surface area contributed by atoms with Gasteiger partial charge < -0.3 is 4.74 Å². The lowest BCUT2D eigenvalue weighted by Gasteiger charge is -2.03. The highest BCUT2D eigenvalue weighted by atomic mass is 35.5. The Balaban J connectivity index is 4.09. The minimum atomic E-state index is -2.07. The van der Waals surface area contributed by atoms with Crippen LogP contribution in [0.2, 0.25) is 0 Å². The van der Waals surface area contributed by atoms with Gasteiger partial charge in [-0.2, -0.15) is 0 Å². The van der Waals surface area contributed by atoms with Gasteiger partial charge in [-0.1, -0.05) is 0 Å². The van der Waals surface area contributed by atoms with Crippen molar-refractivity contribution >= 4 is 29.2 Å². The van der Waals surface area contributed by atoms with E-state index in [4.69, 9.17) is 29.8 Å². The van der Waals surface area contributed by atoms with Crippen LogP contribution in [0.1, 0.15) is 6.92 Å². The van der Waals surface area contributed by atoms with Crippen LogP contribution in [0.15, 0.2) is 0 Å². The van der Waals surface area contributed by atoms with E-state index >= 15 is 0 Å². The Bertz CT molecular complexity index is 173. The lowest BCUT2D eigenvalue weighted by Crippen LogP contribution is -2.24. The standard InChI is InChI=1S/C5H5Cl2NO2/c1-3-10-4(9)5(6,7)8-2/h3H2,1H3. The van der Waals surface area contributed by atoms with Gasteiger partial charge in [0.15, 0.2) is 0 Å². The van der Waals surface area contributed by atoms with Gasteiger partial charge in [-0.3, -0.25) is 4.85 Å². The molecule has 0 unspecified atom stereocenters. The molecule has 0 atom stereocenters. The Kier molecular flexibility index (Phi) is 3.48. The molecule has 0 saturated carbocycles. The molecule has 0 aromatic carbocycles. The zero-order valence-corrected chi connectivity index (χ0v) is 6.74. The Hall–Kier alpha value is -0.460. The second-order valence-electron chi connectivity index (χ2n) is 1.37. The molecule has 0 radical (unpaired) electrons. The Labute approximate surface area is 68.7 Å². The molecule has 5 heteroatoms. The Morgan fingerprint density at radius 3 is 2.60 bits per heavy atom. The molecule has 10 heavy (non-hydrogen) atoms. The molecule has 0 heterocycles. The molecule has 0 aromatic heterocycles. The molecule has 0 aromatic rings. The number of alkyl halides is 2. The Morgan fingerprint density at radius 2 is 2.30 bits per heavy atom. The van der Waals surface area contributed by atoms with Crippen molar-refractivity contribution in [3.63, 3.8) is 0 Å². The summed E-state index contributed by atoms with van der Waals surface area (Å²) in [7, 11) is 0. The van der Waals surface area contributed by atoms with E-state index in [0.29, 0.717) is 0 Å². The monoisotopic (exact) mass is 181 g/mol. The van der Waals surface area contributed by atoms with Gasteiger partial charge in [-0.05, 0) is 6.92 Å². The molecule has 0 fully saturated rings. The summed E-state index contributed by atoms with van der Waals surface area (Å²) in [6, 6.07) is 0. The molecule has 0 saturated heterocycles. The fourth-order valence-corrected chi connectivity index (χ4v) is 0.373. The van der Waals surface area contributed by atoms with E-state index in [1.807, 2.05) is 0 Å². The number of rotatable bonds is 2. The minimum Gasteiger partial charge on any atom is -0.458 e. The molecule has 0 aliphatic carbocycles. The number of hydrogen-bond donors (Lipinski definition) is 0. The normalized spacial score (nSPS) is 10.2. The maximum absolute atomic E-state index is 10.6. The minimum absolute atomic E-state index is 0.162. The summed E-state index contributed by atoms with van der Waals surface area (Å²) in [6.45, 7) is 8.14. The molecule has 0 aliphatic rings. The fraction of sp³-hybridized carbons (Fsp3) is 0.600. The predicted molar refractivity (Wildman–Crippen MR) is 37.7 cm³/mol. The highest BCUT2D eigenvalue weighted by Crippen LogP contribution is 2.23. The maximum atomic E-state index is 10.6. The van der Waals surface area contributed by atoms with Gasteiger partial charge >= 0.3 is 10.4 Å². The third kappa shape index (κ3) is 2.42. The fourth-order valence-electron chi connectivity index (χ4n) is 0.264. The average Bonchev–Trinajstić information content (AvgIpc) is 1.89. The highest BCUT2D eigenvalue weighted by Gasteiger charge is 2.42. The van der Waals surface area contributed by atoms with E-state index in [-0.39, 0.29) is 6.61 Å². The van der Waals surface area contributed by atoms with Crippen LogP contribution in [0.3, 0.4) is 0 Å². The first-order valence-electron chi connectivity index (χ1n) is 2.48. The number of nitrogens with zero attached hydrogens (tertiary/aromatic N) is 1. The van der Waals surface area contributed by atoms with E-state index in [1.165, 1.54) is 0 Å². The summed E-state index contributed by atoms with van der Waals surface area (Å²) in [5.41, 5.74) is 0. The third-order valence-corrected chi connectivity index (χ3v) is 1.14. The van der Waals surface area contributed by atoms with Crippen LogP contribution in [-0.2, 0) is 9.53 Å². The van der Waals surface area contributed by atoms with Crippen molar-refractivity contribution in [1.29, 1.82) is 0 Å². The van der Waals surface area contributed by atoms with Crippen LogP contribution in [0.5, 0.6) is 0 Å². The SMILES string of the molecule is [C-]#[N+]C(Cl)(Cl)C(=O)OCC. The van der Waals surface area contributed by atoms with E-state index in [1.54, 1.807) is 6.92 Å². The first-order chi connectivity index (χ1) is 4.54. The second kappa shape index (κ2) is 3.65. The van der Waals surface area contributed by atoms with Gasteiger partial charge in [0, 0.05) is 23.2 Å². The maximum Gasteiger partial charge on any atom is 0.479 e. The molecule has 0 spiro atoms. The lowest BCUT2D eigenvalue weighted by atomic mass is 10.6. The molecule has 0 aliphatic heterocycles. The van der Waals surface area contributed by atoms with Crippen LogP contribution < -0.4 is 0 Å². The number of esters is 1.